The van der Waals surface area contributed by atoms with Crippen LogP contribution in [0.5, 0.6) is 0 Å². The van der Waals surface area contributed by atoms with Crippen molar-refractivity contribution in [3.63, 3.8) is 0 Å². The highest BCUT2D eigenvalue weighted by atomic mass is 79.9. The Hall–Kier alpha value is -0.0500. The molecule has 0 rings (SSSR count). The van der Waals surface area contributed by atoms with E-state index in [9.17, 15) is 4.79 Å². The number of hydrogen-bond acceptors (Lipinski definition) is 2. The third-order valence-electron chi connectivity index (χ3n) is 1.79. The van der Waals surface area contributed by atoms with Gasteiger partial charge in [0.2, 0.25) is 0 Å². The van der Waals surface area contributed by atoms with Gasteiger partial charge in [-0.3, -0.25) is 4.79 Å². The minimum atomic E-state index is -0.0772. The van der Waals surface area contributed by atoms with Crippen molar-refractivity contribution >= 4 is 21.9 Å². The average molecular weight is 251 g/mol. The molecule has 0 N–H and O–H groups in total. The molecule has 2 nitrogen and oxygen atoms in total. The summed E-state index contributed by atoms with van der Waals surface area (Å²) in [5, 5.41) is 0. The molecule has 78 valence electrons. The van der Waals surface area contributed by atoms with Crippen molar-refractivity contribution in [1.29, 1.82) is 0 Å². The van der Waals surface area contributed by atoms with Crippen molar-refractivity contribution in [2.24, 2.45) is 5.92 Å². The highest BCUT2D eigenvalue weighted by molar-refractivity contribution is 9.09. The van der Waals surface area contributed by atoms with E-state index in [2.05, 4.69) is 36.7 Å². The van der Waals surface area contributed by atoms with Gasteiger partial charge < -0.3 is 4.74 Å². The lowest BCUT2D eigenvalue weighted by atomic mass is 10.1. The minimum absolute atomic E-state index is 0.0772. The molecule has 0 aromatic rings. The molecule has 0 heterocycles. The van der Waals surface area contributed by atoms with Gasteiger partial charge in [-0.05, 0) is 18.8 Å². The van der Waals surface area contributed by atoms with Gasteiger partial charge in [-0.25, -0.2) is 0 Å². The molecular weight excluding hydrogens is 232 g/mol. The van der Waals surface area contributed by atoms with Crippen molar-refractivity contribution in [1.82, 2.24) is 0 Å². The quantitative estimate of drug-likeness (QED) is 0.535. The Labute approximate surface area is 89.2 Å². The third-order valence-corrected chi connectivity index (χ3v) is 2.71. The number of halogens is 1. The predicted molar refractivity (Wildman–Crippen MR) is 58.0 cm³/mol. The summed E-state index contributed by atoms with van der Waals surface area (Å²) in [6.45, 7) is 6.76. The van der Waals surface area contributed by atoms with E-state index in [1.165, 1.54) is 0 Å². The van der Waals surface area contributed by atoms with Crippen LogP contribution in [0.1, 0.15) is 40.0 Å². The zero-order valence-electron chi connectivity index (χ0n) is 8.68. The zero-order valence-corrected chi connectivity index (χ0v) is 10.3. The summed E-state index contributed by atoms with van der Waals surface area (Å²) in [7, 11) is 0. The lowest BCUT2D eigenvalue weighted by Crippen LogP contribution is -2.13. The fourth-order valence-corrected chi connectivity index (χ4v) is 0.912. The molecule has 0 spiro atoms. The van der Waals surface area contributed by atoms with Gasteiger partial charge in [0.1, 0.15) is 6.61 Å². The van der Waals surface area contributed by atoms with Gasteiger partial charge in [-0.2, -0.15) is 0 Å². The van der Waals surface area contributed by atoms with Crippen molar-refractivity contribution in [2.45, 2.75) is 44.9 Å². The van der Waals surface area contributed by atoms with E-state index in [1.54, 1.807) is 0 Å². The molecule has 0 radical (unpaired) electrons. The summed E-state index contributed by atoms with van der Waals surface area (Å²) < 4.78 is 5.06. The molecule has 0 saturated heterocycles. The van der Waals surface area contributed by atoms with Crippen LogP contribution in [0.2, 0.25) is 0 Å². The second-order valence-electron chi connectivity index (χ2n) is 3.62. The first-order valence-electron chi connectivity index (χ1n) is 4.86. The van der Waals surface area contributed by atoms with Gasteiger partial charge in [-0.15, -0.1) is 0 Å². The molecule has 0 aliphatic heterocycles. The van der Waals surface area contributed by atoms with Crippen LogP contribution < -0.4 is 0 Å². The predicted octanol–water partition coefficient (Wildman–Crippen LogP) is 3.14. The molecule has 0 aromatic heterocycles. The Balaban J connectivity index is 3.40. The summed E-state index contributed by atoms with van der Waals surface area (Å²) in [5.74, 6) is 0.491. The van der Waals surface area contributed by atoms with Gasteiger partial charge in [0.05, 0.1) is 0 Å². The summed E-state index contributed by atoms with van der Waals surface area (Å²) in [5.41, 5.74) is 0. The third kappa shape index (κ3) is 8.28. The van der Waals surface area contributed by atoms with Crippen LogP contribution in [-0.2, 0) is 9.53 Å². The first-order valence-corrected chi connectivity index (χ1v) is 5.77. The molecule has 0 amide bonds. The summed E-state index contributed by atoms with van der Waals surface area (Å²) in [6, 6.07) is 0. The highest BCUT2D eigenvalue weighted by Crippen LogP contribution is 2.07. The summed E-state index contributed by atoms with van der Waals surface area (Å²) in [4.78, 5) is 11.4. The number of rotatable bonds is 6. The number of carbonyl (C=O) groups is 1. The van der Waals surface area contributed by atoms with E-state index >= 15 is 0 Å². The Morgan fingerprint density at radius 2 is 2.08 bits per heavy atom. The van der Waals surface area contributed by atoms with E-state index in [1.807, 2.05) is 0 Å². The van der Waals surface area contributed by atoms with Crippen LogP contribution in [0, 0.1) is 5.92 Å². The molecule has 0 fully saturated rings. The number of carbonyl (C=O) groups excluding carboxylic acids is 1. The first kappa shape index (κ1) is 12.9. The van der Waals surface area contributed by atoms with E-state index < -0.39 is 0 Å². The molecule has 0 aromatic carbocycles. The largest absolute Gasteiger partial charge is 0.464 e. The molecule has 1 unspecified atom stereocenters. The maximum Gasteiger partial charge on any atom is 0.305 e. The van der Waals surface area contributed by atoms with Crippen LogP contribution in [0.4, 0.5) is 0 Å². The van der Waals surface area contributed by atoms with Gasteiger partial charge in [0, 0.05) is 11.2 Å². The second kappa shape index (κ2) is 7.36. The normalized spacial score (nSPS) is 13.0. The van der Waals surface area contributed by atoms with E-state index in [0.29, 0.717) is 23.8 Å². The van der Waals surface area contributed by atoms with Gasteiger partial charge in [0.15, 0.2) is 0 Å². The Kier molecular flexibility index (Phi) is 7.33. The molecule has 1 atom stereocenters. The van der Waals surface area contributed by atoms with Crippen LogP contribution in [0.25, 0.3) is 0 Å². The maximum atomic E-state index is 11.1. The van der Waals surface area contributed by atoms with Gasteiger partial charge in [-0.1, -0.05) is 36.7 Å². The minimum Gasteiger partial charge on any atom is -0.464 e. The summed E-state index contributed by atoms with van der Waals surface area (Å²) in [6.07, 6.45) is 2.44. The van der Waals surface area contributed by atoms with E-state index in [4.69, 9.17) is 4.74 Å². The van der Waals surface area contributed by atoms with Crippen molar-refractivity contribution < 1.29 is 9.53 Å². The molecule has 3 heteroatoms. The Bertz CT molecular complexity index is 146. The first-order chi connectivity index (χ1) is 6.06. The van der Waals surface area contributed by atoms with Crippen LogP contribution in [0.15, 0.2) is 0 Å². The Morgan fingerprint density at radius 1 is 1.46 bits per heavy atom. The molecule has 0 saturated carbocycles. The Morgan fingerprint density at radius 3 is 2.54 bits per heavy atom. The van der Waals surface area contributed by atoms with Gasteiger partial charge >= 0.3 is 5.97 Å². The SMILES string of the molecule is CCC(Br)COC(=O)CCC(C)C. The standard InChI is InChI=1S/C10H19BrO2/c1-4-9(11)7-13-10(12)6-5-8(2)3/h8-9H,4-7H2,1-3H3. The summed E-state index contributed by atoms with van der Waals surface area (Å²) >= 11 is 3.41. The van der Waals surface area contributed by atoms with Gasteiger partial charge in [0.25, 0.3) is 0 Å². The number of hydrogen-bond donors (Lipinski definition) is 0. The molecule has 13 heavy (non-hydrogen) atoms. The van der Waals surface area contributed by atoms with Crippen LogP contribution in [0.3, 0.4) is 0 Å². The molecule has 0 bridgehead atoms. The molecule has 0 aliphatic rings. The topological polar surface area (TPSA) is 26.3 Å². The number of alkyl halides is 1. The van der Waals surface area contributed by atoms with Crippen molar-refractivity contribution in [2.75, 3.05) is 6.61 Å². The molecule has 0 aliphatic carbocycles. The van der Waals surface area contributed by atoms with Crippen molar-refractivity contribution in [3.8, 4) is 0 Å². The smallest absolute Gasteiger partial charge is 0.305 e. The zero-order chi connectivity index (χ0) is 10.3. The number of ether oxygens (including phenoxy) is 1. The molecular formula is C10H19BrO2. The number of esters is 1. The lowest BCUT2D eigenvalue weighted by molar-refractivity contribution is -0.143. The van der Waals surface area contributed by atoms with E-state index in [-0.39, 0.29) is 5.97 Å². The average Bonchev–Trinajstić information content (AvgIpc) is 2.10. The lowest BCUT2D eigenvalue weighted by Gasteiger charge is -2.08. The van der Waals surface area contributed by atoms with Crippen molar-refractivity contribution in [3.05, 3.63) is 0 Å². The van der Waals surface area contributed by atoms with Crippen LogP contribution >= 0.6 is 15.9 Å². The van der Waals surface area contributed by atoms with Crippen LogP contribution in [-0.4, -0.2) is 17.4 Å². The monoisotopic (exact) mass is 250 g/mol. The maximum absolute atomic E-state index is 11.1. The fraction of sp³-hybridized carbons (Fsp3) is 0.900. The highest BCUT2D eigenvalue weighted by Gasteiger charge is 2.07. The van der Waals surface area contributed by atoms with E-state index in [0.717, 1.165) is 12.8 Å². The second-order valence-corrected chi connectivity index (χ2v) is 4.92. The fourth-order valence-electron chi connectivity index (χ4n) is 0.780.